The summed E-state index contributed by atoms with van der Waals surface area (Å²) in [5.41, 5.74) is 0.837. The molecule has 0 aromatic heterocycles. The normalized spacial score (nSPS) is 12.6. The van der Waals surface area contributed by atoms with Crippen LogP contribution >= 0.6 is 0 Å². The second-order valence-corrected chi connectivity index (χ2v) is 7.25. The molecule has 0 aliphatic rings. The van der Waals surface area contributed by atoms with Gasteiger partial charge in [0.05, 0.1) is 22.5 Å². The van der Waals surface area contributed by atoms with Crippen LogP contribution in [0, 0.1) is 23.3 Å². The van der Waals surface area contributed by atoms with Gasteiger partial charge in [0.25, 0.3) is 0 Å². The highest BCUT2D eigenvalue weighted by Gasteiger charge is 2.42. The molecular formula is C21H9F13N2O2. The van der Waals surface area contributed by atoms with E-state index in [0.717, 1.165) is 0 Å². The lowest BCUT2D eigenvalue weighted by atomic mass is 10.1. The molecule has 206 valence electrons. The summed E-state index contributed by atoms with van der Waals surface area (Å²) in [4.78, 5) is 0. The Balaban J connectivity index is 2.17. The molecule has 4 nitrogen and oxygen atoms in total. The zero-order valence-corrected chi connectivity index (χ0v) is 17.8. The minimum Gasteiger partial charge on any atom is -0.451 e. The third-order valence-corrected chi connectivity index (χ3v) is 4.75. The fraction of sp³-hybridized carbons (Fsp3) is 0.143. The van der Waals surface area contributed by atoms with Gasteiger partial charge < -0.3 is 20.9 Å². The van der Waals surface area contributed by atoms with Crippen molar-refractivity contribution in [1.82, 2.24) is 0 Å². The molecule has 3 aromatic carbocycles. The Hall–Kier alpha value is -4.05. The van der Waals surface area contributed by atoms with E-state index in [4.69, 9.17) is 11.5 Å². The first-order chi connectivity index (χ1) is 17.2. The van der Waals surface area contributed by atoms with Gasteiger partial charge in [0, 0.05) is 6.07 Å². The van der Waals surface area contributed by atoms with Crippen LogP contribution in [0.25, 0.3) is 0 Å². The van der Waals surface area contributed by atoms with Gasteiger partial charge in [0.15, 0.2) is 34.6 Å². The molecule has 3 aromatic rings. The predicted molar refractivity (Wildman–Crippen MR) is 103 cm³/mol. The largest absolute Gasteiger partial charge is 0.451 e. The molecule has 0 aliphatic carbocycles. The Morgan fingerprint density at radius 3 is 1.34 bits per heavy atom. The van der Waals surface area contributed by atoms with Crippen LogP contribution in [0.15, 0.2) is 30.3 Å². The molecule has 0 radical (unpaired) electrons. The van der Waals surface area contributed by atoms with Crippen molar-refractivity contribution in [2.24, 2.45) is 0 Å². The maximum atomic E-state index is 15.0. The zero-order valence-electron chi connectivity index (χ0n) is 17.8. The van der Waals surface area contributed by atoms with Gasteiger partial charge in [0.1, 0.15) is 11.4 Å². The number of halogens is 13. The number of alkyl halides is 9. The van der Waals surface area contributed by atoms with Gasteiger partial charge in [-0.2, -0.15) is 43.9 Å². The van der Waals surface area contributed by atoms with Crippen LogP contribution < -0.4 is 20.9 Å². The lowest BCUT2D eigenvalue weighted by molar-refractivity contribution is -0.141. The maximum absolute atomic E-state index is 15.0. The summed E-state index contributed by atoms with van der Waals surface area (Å²) in [5.74, 6) is -15.3. The number of hydrogen-bond donors (Lipinski definition) is 2. The molecule has 4 N–H and O–H groups in total. The van der Waals surface area contributed by atoms with E-state index >= 15 is 4.39 Å². The zero-order chi connectivity index (χ0) is 29.0. The van der Waals surface area contributed by atoms with Crippen molar-refractivity contribution in [2.75, 3.05) is 11.5 Å². The van der Waals surface area contributed by atoms with E-state index in [1.165, 1.54) is 0 Å². The van der Waals surface area contributed by atoms with Crippen molar-refractivity contribution in [1.29, 1.82) is 0 Å². The number of nitrogens with two attached hydrogens (primary N) is 2. The molecule has 0 saturated heterocycles. The van der Waals surface area contributed by atoms with Crippen LogP contribution in [-0.2, 0) is 18.5 Å². The first kappa shape index (κ1) is 28.5. The second kappa shape index (κ2) is 9.36. The molecule has 17 heteroatoms. The highest BCUT2D eigenvalue weighted by molar-refractivity contribution is 5.58. The predicted octanol–water partition coefficient (Wildman–Crippen LogP) is 8.05. The van der Waals surface area contributed by atoms with Crippen molar-refractivity contribution in [3.05, 3.63) is 70.3 Å². The molecule has 38 heavy (non-hydrogen) atoms. The van der Waals surface area contributed by atoms with Crippen molar-refractivity contribution in [3.8, 4) is 23.0 Å². The average Bonchev–Trinajstić information content (AvgIpc) is 2.75. The van der Waals surface area contributed by atoms with Crippen molar-refractivity contribution in [3.63, 3.8) is 0 Å². The van der Waals surface area contributed by atoms with Crippen molar-refractivity contribution < 1.29 is 66.5 Å². The topological polar surface area (TPSA) is 70.5 Å². The molecular weight excluding hydrogens is 559 g/mol. The summed E-state index contributed by atoms with van der Waals surface area (Å²) in [6, 6.07) is 0.339. The standard InChI is InChI=1S/C21H9F13N2O2/c22-8-5-11(37-9-3-1-6(19(26,27)28)16(35)13(9)23)15(25)18(12(8)21(32,33)34)38-10-4-2-7(20(29,30)31)17(36)14(10)24/h1-5H,35-36H2. The first-order valence-electron chi connectivity index (χ1n) is 9.50. The molecule has 0 aliphatic heterocycles. The smallest absolute Gasteiger partial charge is 0.422 e. The third kappa shape index (κ3) is 5.31. The Bertz CT molecular complexity index is 1400. The highest BCUT2D eigenvalue weighted by atomic mass is 19.4. The summed E-state index contributed by atoms with van der Waals surface area (Å²) in [6.07, 6.45) is -16.1. The summed E-state index contributed by atoms with van der Waals surface area (Å²) in [6.45, 7) is 0. The van der Waals surface area contributed by atoms with E-state index in [0.29, 0.717) is 0 Å². The fourth-order valence-corrected chi connectivity index (χ4v) is 3.04. The number of ether oxygens (including phenoxy) is 2. The molecule has 0 unspecified atom stereocenters. The molecule has 0 atom stereocenters. The van der Waals surface area contributed by atoms with E-state index in [-0.39, 0.29) is 30.3 Å². The summed E-state index contributed by atoms with van der Waals surface area (Å²) in [5, 5.41) is 0. The number of rotatable bonds is 4. The maximum Gasteiger partial charge on any atom is 0.422 e. The van der Waals surface area contributed by atoms with Gasteiger partial charge in [-0.15, -0.1) is 0 Å². The average molecular weight is 568 g/mol. The summed E-state index contributed by atoms with van der Waals surface area (Å²) >= 11 is 0. The number of anilines is 2. The highest BCUT2D eigenvalue weighted by Crippen LogP contribution is 2.47. The van der Waals surface area contributed by atoms with Gasteiger partial charge in [0.2, 0.25) is 5.82 Å². The molecule has 3 rings (SSSR count). The van der Waals surface area contributed by atoms with E-state index in [1.54, 1.807) is 0 Å². The number of hydrogen-bond acceptors (Lipinski definition) is 4. The molecule has 0 fully saturated rings. The minimum absolute atomic E-state index is 0.0793. The van der Waals surface area contributed by atoms with E-state index in [2.05, 4.69) is 9.47 Å². The van der Waals surface area contributed by atoms with E-state index < -0.39 is 92.9 Å². The Morgan fingerprint density at radius 2 is 0.947 bits per heavy atom. The van der Waals surface area contributed by atoms with Gasteiger partial charge in [-0.1, -0.05) is 0 Å². The summed E-state index contributed by atoms with van der Waals surface area (Å²) in [7, 11) is 0. The Labute approximate surface area is 202 Å². The molecule has 0 spiro atoms. The van der Waals surface area contributed by atoms with Crippen molar-refractivity contribution in [2.45, 2.75) is 18.5 Å². The molecule has 0 saturated carbocycles. The lowest BCUT2D eigenvalue weighted by Gasteiger charge is -2.19. The van der Waals surface area contributed by atoms with Crippen LogP contribution in [-0.4, -0.2) is 0 Å². The summed E-state index contributed by atoms with van der Waals surface area (Å²) < 4.78 is 185. The van der Waals surface area contributed by atoms with Gasteiger partial charge in [-0.05, 0) is 24.3 Å². The minimum atomic E-state index is -5.75. The molecule has 0 bridgehead atoms. The van der Waals surface area contributed by atoms with Crippen molar-refractivity contribution >= 4 is 11.4 Å². The SMILES string of the molecule is Nc1c(C(F)(F)F)ccc(Oc2cc(F)c(C(F)(F)F)c(Oc3ccc(C(F)(F)F)c(N)c3F)c2F)c1F. The van der Waals surface area contributed by atoms with Crippen LogP contribution in [0.1, 0.15) is 16.7 Å². The number of nitrogen functional groups attached to an aromatic ring is 2. The van der Waals surface area contributed by atoms with E-state index in [1.807, 2.05) is 0 Å². The van der Waals surface area contributed by atoms with E-state index in [9.17, 15) is 52.7 Å². The molecule has 0 amide bonds. The lowest BCUT2D eigenvalue weighted by Crippen LogP contribution is -2.14. The number of benzene rings is 3. The van der Waals surface area contributed by atoms with Crippen LogP contribution in [0.4, 0.5) is 68.5 Å². The first-order valence-corrected chi connectivity index (χ1v) is 9.50. The fourth-order valence-electron chi connectivity index (χ4n) is 3.04. The quantitative estimate of drug-likeness (QED) is 0.247. The Morgan fingerprint density at radius 1 is 0.526 bits per heavy atom. The Kier molecular flexibility index (Phi) is 7.02. The monoisotopic (exact) mass is 568 g/mol. The van der Waals surface area contributed by atoms with Gasteiger partial charge >= 0.3 is 18.5 Å². The third-order valence-electron chi connectivity index (χ3n) is 4.75. The van der Waals surface area contributed by atoms with Crippen LogP contribution in [0.2, 0.25) is 0 Å². The van der Waals surface area contributed by atoms with Crippen LogP contribution in [0.5, 0.6) is 23.0 Å². The molecule has 0 heterocycles. The van der Waals surface area contributed by atoms with Crippen LogP contribution in [0.3, 0.4) is 0 Å². The van der Waals surface area contributed by atoms with Gasteiger partial charge in [-0.3, -0.25) is 0 Å². The van der Waals surface area contributed by atoms with Gasteiger partial charge in [-0.25, -0.2) is 13.2 Å². The second-order valence-electron chi connectivity index (χ2n) is 7.25.